The molecule has 4 heterocycles. The maximum Gasteiger partial charge on any atom is 0.379 e. The summed E-state index contributed by atoms with van der Waals surface area (Å²) in [6.45, 7) is 8.01. The minimum atomic E-state index is 0.708. The summed E-state index contributed by atoms with van der Waals surface area (Å²) in [5.74, 6) is 1.46. The zero-order valence-corrected chi connectivity index (χ0v) is 15.3. The van der Waals surface area contributed by atoms with Crippen molar-refractivity contribution in [2.75, 3.05) is 0 Å². The average Bonchev–Trinajstić information content (AvgIpc) is 3.19. The van der Waals surface area contributed by atoms with Gasteiger partial charge in [0.2, 0.25) is 5.82 Å². The van der Waals surface area contributed by atoms with Crippen LogP contribution in [0.15, 0.2) is 18.5 Å². The molecule has 0 aliphatic rings. The van der Waals surface area contributed by atoms with E-state index in [2.05, 4.69) is 15.2 Å². The Hall–Kier alpha value is -3.03. The Morgan fingerprint density at radius 2 is 1.52 bits per heavy atom. The van der Waals surface area contributed by atoms with Gasteiger partial charge in [-0.3, -0.25) is 0 Å². The van der Waals surface area contributed by atoms with Gasteiger partial charge in [0.1, 0.15) is 0 Å². The first-order chi connectivity index (χ1) is 11.9. The molecular formula is C17H21N8+. The number of imidazole rings is 1. The van der Waals surface area contributed by atoms with E-state index >= 15 is 0 Å². The molecule has 0 aliphatic heterocycles. The van der Waals surface area contributed by atoms with E-state index in [0.29, 0.717) is 5.95 Å². The fraction of sp³-hybridized carbons (Fsp3) is 0.353. The highest BCUT2D eigenvalue weighted by molar-refractivity contribution is 5.76. The molecule has 25 heavy (non-hydrogen) atoms. The van der Waals surface area contributed by atoms with Crippen molar-refractivity contribution < 1.29 is 4.57 Å². The molecule has 8 heteroatoms. The summed E-state index contributed by atoms with van der Waals surface area (Å²) in [4.78, 5) is 9.49. The van der Waals surface area contributed by atoms with E-state index < -0.39 is 0 Å². The van der Waals surface area contributed by atoms with Gasteiger partial charge in [0, 0.05) is 12.7 Å². The van der Waals surface area contributed by atoms with Crippen molar-refractivity contribution in [2.24, 2.45) is 14.1 Å². The molecule has 4 aromatic rings. The van der Waals surface area contributed by atoms with Gasteiger partial charge in [-0.15, -0.1) is 14.8 Å². The van der Waals surface area contributed by atoms with Gasteiger partial charge in [0.05, 0.1) is 24.1 Å². The molecule has 4 aromatic heterocycles. The molecular weight excluding hydrogens is 316 g/mol. The number of fused-ring (bicyclic) bond motifs is 1. The second-order valence-electron chi connectivity index (χ2n) is 6.50. The smallest absolute Gasteiger partial charge is 0.316 e. The Bertz CT molecular complexity index is 1110. The lowest BCUT2D eigenvalue weighted by Gasteiger charge is -2.08. The quantitative estimate of drug-likeness (QED) is 0.519. The van der Waals surface area contributed by atoms with Crippen molar-refractivity contribution in [3.05, 3.63) is 41.2 Å². The SMILES string of the molecule is Cc1cc(C)n(-c2nc(-n3nc(C)cc3C)[n+](C)c3ncn(C)c23)n1. The normalized spacial score (nSPS) is 11.6. The lowest BCUT2D eigenvalue weighted by atomic mass is 10.4. The average molecular weight is 337 g/mol. The summed E-state index contributed by atoms with van der Waals surface area (Å²) in [5, 5.41) is 9.20. The van der Waals surface area contributed by atoms with E-state index in [9.17, 15) is 0 Å². The van der Waals surface area contributed by atoms with Crippen LogP contribution in [0.4, 0.5) is 0 Å². The van der Waals surface area contributed by atoms with E-state index in [4.69, 9.17) is 4.98 Å². The van der Waals surface area contributed by atoms with Crippen molar-refractivity contribution >= 4 is 11.2 Å². The third-order valence-electron chi connectivity index (χ3n) is 4.36. The summed E-state index contributed by atoms with van der Waals surface area (Å²) >= 11 is 0. The number of aryl methyl sites for hydroxylation is 6. The van der Waals surface area contributed by atoms with E-state index in [-0.39, 0.29) is 0 Å². The first-order valence-electron chi connectivity index (χ1n) is 8.15. The highest BCUT2D eigenvalue weighted by Crippen LogP contribution is 2.20. The Labute approximate surface area is 145 Å². The first kappa shape index (κ1) is 15.5. The molecule has 0 fully saturated rings. The van der Waals surface area contributed by atoms with Crippen LogP contribution in [0.1, 0.15) is 22.8 Å². The topological polar surface area (TPSA) is 70.2 Å². The number of nitrogens with zero attached hydrogens (tertiary/aromatic N) is 8. The van der Waals surface area contributed by atoms with Gasteiger partial charge in [0.25, 0.3) is 5.65 Å². The van der Waals surface area contributed by atoms with Gasteiger partial charge in [-0.25, -0.2) is 9.25 Å². The van der Waals surface area contributed by atoms with Crippen LogP contribution < -0.4 is 4.57 Å². The number of hydrogen-bond donors (Lipinski definition) is 0. The first-order valence-corrected chi connectivity index (χ1v) is 8.15. The molecule has 0 radical (unpaired) electrons. The third-order valence-corrected chi connectivity index (χ3v) is 4.36. The van der Waals surface area contributed by atoms with E-state index in [0.717, 1.165) is 39.8 Å². The van der Waals surface area contributed by atoms with Crippen molar-refractivity contribution in [3.8, 4) is 11.8 Å². The molecule has 0 saturated heterocycles. The zero-order valence-electron chi connectivity index (χ0n) is 15.3. The minimum Gasteiger partial charge on any atom is -0.316 e. The monoisotopic (exact) mass is 337 g/mol. The molecule has 4 rings (SSSR count). The van der Waals surface area contributed by atoms with Crippen molar-refractivity contribution in [2.45, 2.75) is 27.7 Å². The molecule has 0 amide bonds. The largest absolute Gasteiger partial charge is 0.379 e. The second kappa shape index (κ2) is 5.23. The minimum absolute atomic E-state index is 0.708. The number of aromatic nitrogens is 8. The van der Waals surface area contributed by atoms with Gasteiger partial charge < -0.3 is 4.57 Å². The van der Waals surface area contributed by atoms with Crippen LogP contribution in [0.5, 0.6) is 0 Å². The van der Waals surface area contributed by atoms with E-state index in [1.165, 1.54) is 0 Å². The van der Waals surface area contributed by atoms with Crippen LogP contribution >= 0.6 is 0 Å². The van der Waals surface area contributed by atoms with Crippen molar-refractivity contribution in [1.82, 2.24) is 34.1 Å². The molecule has 0 bridgehead atoms. The zero-order chi connectivity index (χ0) is 17.9. The molecule has 0 unspecified atom stereocenters. The maximum absolute atomic E-state index is 4.93. The molecule has 0 spiro atoms. The molecule has 8 nitrogen and oxygen atoms in total. The van der Waals surface area contributed by atoms with Gasteiger partial charge in [-0.1, -0.05) is 4.98 Å². The van der Waals surface area contributed by atoms with E-state index in [1.54, 1.807) is 6.33 Å². The molecule has 0 aliphatic carbocycles. The fourth-order valence-corrected chi connectivity index (χ4v) is 3.25. The van der Waals surface area contributed by atoms with Gasteiger partial charge >= 0.3 is 5.95 Å². The van der Waals surface area contributed by atoms with Crippen molar-refractivity contribution in [1.29, 1.82) is 0 Å². The van der Waals surface area contributed by atoms with E-state index in [1.807, 2.05) is 72.4 Å². The van der Waals surface area contributed by atoms with Crippen molar-refractivity contribution in [3.63, 3.8) is 0 Å². The molecule has 0 atom stereocenters. The van der Waals surface area contributed by atoms with Gasteiger partial charge in [-0.05, 0) is 39.8 Å². The highest BCUT2D eigenvalue weighted by Gasteiger charge is 2.26. The van der Waals surface area contributed by atoms with Crippen LogP contribution in [0.2, 0.25) is 0 Å². The summed E-state index contributed by atoms with van der Waals surface area (Å²) in [6.07, 6.45) is 1.80. The fourth-order valence-electron chi connectivity index (χ4n) is 3.25. The van der Waals surface area contributed by atoms with Crippen LogP contribution in [0.3, 0.4) is 0 Å². The number of rotatable bonds is 2. The Morgan fingerprint density at radius 1 is 0.920 bits per heavy atom. The lowest BCUT2D eigenvalue weighted by Crippen LogP contribution is -2.38. The lowest BCUT2D eigenvalue weighted by molar-refractivity contribution is -0.644. The van der Waals surface area contributed by atoms with Gasteiger partial charge in [0.15, 0.2) is 11.8 Å². The summed E-state index contributed by atoms with van der Waals surface area (Å²) in [5.41, 5.74) is 5.72. The van der Waals surface area contributed by atoms with Crippen LogP contribution in [-0.4, -0.2) is 34.1 Å². The summed E-state index contributed by atoms with van der Waals surface area (Å²) in [6, 6.07) is 4.08. The predicted octanol–water partition coefficient (Wildman–Crippen LogP) is 1.40. The van der Waals surface area contributed by atoms with Crippen LogP contribution in [-0.2, 0) is 14.1 Å². The standard InChI is InChI=1S/C17H21N8/c1-10-7-12(3)24(20-10)16-14-15(18-9-22(14)5)23(6)17(19-16)25-13(4)8-11(2)21-25/h7-9H,1-6H3/q+1. The molecule has 0 N–H and O–H groups in total. The Balaban J connectivity index is 2.12. The third kappa shape index (κ3) is 2.25. The molecule has 128 valence electrons. The summed E-state index contributed by atoms with van der Waals surface area (Å²) < 4.78 is 7.65. The Kier molecular flexibility index (Phi) is 3.24. The Morgan fingerprint density at radius 3 is 2.08 bits per heavy atom. The molecule has 0 aromatic carbocycles. The highest BCUT2D eigenvalue weighted by atomic mass is 15.4. The predicted molar refractivity (Wildman–Crippen MR) is 92.9 cm³/mol. The number of hydrogen-bond acceptors (Lipinski definition) is 4. The summed E-state index contributed by atoms with van der Waals surface area (Å²) in [7, 11) is 3.92. The molecule has 0 saturated carbocycles. The van der Waals surface area contributed by atoms with Crippen LogP contribution in [0, 0.1) is 27.7 Å². The second-order valence-corrected chi connectivity index (χ2v) is 6.50. The van der Waals surface area contributed by atoms with Gasteiger partial charge in [-0.2, -0.15) is 5.10 Å². The maximum atomic E-state index is 4.93. The van der Waals surface area contributed by atoms with Crippen LogP contribution in [0.25, 0.3) is 22.9 Å².